The quantitative estimate of drug-likeness (QED) is 0.0262. The maximum absolute atomic E-state index is 12.9. The molecule has 0 rings (SSSR count). The maximum Gasteiger partial charge on any atom is 0.306 e. The molecule has 1 unspecified atom stereocenters. The van der Waals surface area contributed by atoms with Gasteiger partial charge >= 0.3 is 17.9 Å². The summed E-state index contributed by atoms with van der Waals surface area (Å²) in [6.07, 6.45) is 74.3. The first-order valence-corrected chi connectivity index (χ1v) is 29.1. The number of ether oxygens (including phenoxy) is 3. The third-order valence-corrected chi connectivity index (χ3v) is 12.4. The van der Waals surface area contributed by atoms with Crippen molar-refractivity contribution < 1.29 is 28.6 Å². The summed E-state index contributed by atoms with van der Waals surface area (Å²) in [5.41, 5.74) is 0. The number of allylic oxidation sites excluding steroid dienone is 14. The smallest absolute Gasteiger partial charge is 0.306 e. The van der Waals surface area contributed by atoms with E-state index in [1.54, 1.807) is 0 Å². The second-order valence-electron chi connectivity index (χ2n) is 19.1. The highest BCUT2D eigenvalue weighted by molar-refractivity contribution is 5.71. The molecule has 69 heavy (non-hydrogen) atoms. The average Bonchev–Trinajstić information content (AvgIpc) is 3.35. The second kappa shape index (κ2) is 57.2. The van der Waals surface area contributed by atoms with Gasteiger partial charge in [0.15, 0.2) is 6.10 Å². The van der Waals surface area contributed by atoms with Crippen molar-refractivity contribution in [1.29, 1.82) is 0 Å². The third-order valence-electron chi connectivity index (χ3n) is 12.4. The highest BCUT2D eigenvalue weighted by Crippen LogP contribution is 2.16. The number of carbonyl (C=O) groups is 3. The molecule has 1 atom stereocenters. The van der Waals surface area contributed by atoms with Crippen molar-refractivity contribution in [3.8, 4) is 0 Å². The van der Waals surface area contributed by atoms with E-state index in [1.165, 1.54) is 109 Å². The molecule has 0 radical (unpaired) electrons. The Morgan fingerprint density at radius 3 is 0.884 bits per heavy atom. The predicted molar refractivity (Wildman–Crippen MR) is 297 cm³/mol. The number of rotatable bonds is 52. The van der Waals surface area contributed by atoms with Crippen LogP contribution in [0.3, 0.4) is 0 Å². The summed E-state index contributed by atoms with van der Waals surface area (Å²) in [6, 6.07) is 0. The Balaban J connectivity index is 4.41. The second-order valence-corrected chi connectivity index (χ2v) is 19.1. The average molecular weight is 962 g/mol. The monoisotopic (exact) mass is 961 g/mol. The molecule has 0 heterocycles. The van der Waals surface area contributed by atoms with Crippen LogP contribution in [-0.2, 0) is 28.6 Å². The van der Waals surface area contributed by atoms with Crippen LogP contribution in [-0.4, -0.2) is 37.2 Å². The van der Waals surface area contributed by atoms with Crippen LogP contribution in [0.4, 0.5) is 0 Å². The maximum atomic E-state index is 12.9. The Kier molecular flexibility index (Phi) is 54.3. The van der Waals surface area contributed by atoms with Crippen LogP contribution < -0.4 is 0 Å². The molecule has 6 heteroatoms. The first kappa shape index (κ1) is 65.6. The van der Waals surface area contributed by atoms with E-state index < -0.39 is 6.10 Å². The first-order chi connectivity index (χ1) is 34.0. The SMILES string of the molecule is CC/C=C\C/C=C\C/C=C\C/C=C\CCCCCCCCC(=O)OCC(COC(=O)CCCCCCC/C=C\C/C=C\C/C=C\CC)OC(=O)CCCCCCCCCCCCCCCCCCC. The Hall–Kier alpha value is -3.41. The lowest BCUT2D eigenvalue weighted by molar-refractivity contribution is -0.167. The van der Waals surface area contributed by atoms with Gasteiger partial charge in [-0.15, -0.1) is 0 Å². The first-order valence-electron chi connectivity index (χ1n) is 29.1. The summed E-state index contributed by atoms with van der Waals surface area (Å²) in [5, 5.41) is 0. The molecule has 0 bridgehead atoms. The molecule has 0 amide bonds. The van der Waals surface area contributed by atoms with Crippen LogP contribution in [0.1, 0.15) is 278 Å². The summed E-state index contributed by atoms with van der Waals surface area (Å²) in [6.45, 7) is 6.41. The van der Waals surface area contributed by atoms with Gasteiger partial charge in [-0.2, -0.15) is 0 Å². The van der Waals surface area contributed by atoms with Gasteiger partial charge in [-0.25, -0.2) is 0 Å². The van der Waals surface area contributed by atoms with E-state index in [-0.39, 0.29) is 31.1 Å². The zero-order chi connectivity index (χ0) is 50.0. The van der Waals surface area contributed by atoms with E-state index in [0.29, 0.717) is 19.3 Å². The van der Waals surface area contributed by atoms with Crippen LogP contribution >= 0.6 is 0 Å². The summed E-state index contributed by atoms with van der Waals surface area (Å²) < 4.78 is 16.9. The molecule has 0 N–H and O–H groups in total. The minimum Gasteiger partial charge on any atom is -0.462 e. The molecule has 0 saturated carbocycles. The van der Waals surface area contributed by atoms with E-state index in [4.69, 9.17) is 14.2 Å². The Morgan fingerprint density at radius 2 is 0.565 bits per heavy atom. The van der Waals surface area contributed by atoms with Gasteiger partial charge in [-0.05, 0) is 89.9 Å². The molecular formula is C63H108O6. The van der Waals surface area contributed by atoms with Gasteiger partial charge in [0.25, 0.3) is 0 Å². The van der Waals surface area contributed by atoms with Gasteiger partial charge in [0.05, 0.1) is 0 Å². The van der Waals surface area contributed by atoms with Crippen molar-refractivity contribution in [3.63, 3.8) is 0 Å². The zero-order valence-electron chi connectivity index (χ0n) is 45.3. The highest BCUT2D eigenvalue weighted by Gasteiger charge is 2.19. The topological polar surface area (TPSA) is 78.9 Å². The summed E-state index contributed by atoms with van der Waals surface area (Å²) in [4.78, 5) is 38.2. The molecule has 0 aromatic heterocycles. The Morgan fingerprint density at radius 1 is 0.304 bits per heavy atom. The van der Waals surface area contributed by atoms with E-state index >= 15 is 0 Å². The van der Waals surface area contributed by atoms with Crippen LogP contribution in [0.2, 0.25) is 0 Å². The van der Waals surface area contributed by atoms with Crippen molar-refractivity contribution in [1.82, 2.24) is 0 Å². The minimum absolute atomic E-state index is 0.0881. The van der Waals surface area contributed by atoms with E-state index in [1.807, 2.05) is 0 Å². The zero-order valence-corrected chi connectivity index (χ0v) is 45.3. The van der Waals surface area contributed by atoms with Gasteiger partial charge in [-0.1, -0.05) is 254 Å². The molecule has 0 spiro atoms. The fourth-order valence-corrected chi connectivity index (χ4v) is 8.10. The molecule has 396 valence electrons. The number of unbranched alkanes of at least 4 members (excludes halogenated alkanes) is 27. The summed E-state index contributed by atoms with van der Waals surface area (Å²) in [7, 11) is 0. The fourth-order valence-electron chi connectivity index (χ4n) is 8.10. The number of carbonyl (C=O) groups excluding carboxylic acids is 3. The summed E-state index contributed by atoms with van der Waals surface area (Å²) in [5.74, 6) is -0.908. The van der Waals surface area contributed by atoms with Crippen LogP contribution in [0.25, 0.3) is 0 Å². The van der Waals surface area contributed by atoms with E-state index in [9.17, 15) is 14.4 Å². The number of hydrogen-bond acceptors (Lipinski definition) is 6. The van der Waals surface area contributed by atoms with Crippen molar-refractivity contribution in [2.45, 2.75) is 284 Å². The molecule has 0 aliphatic carbocycles. The molecule has 0 aliphatic heterocycles. The molecule has 0 aromatic rings. The van der Waals surface area contributed by atoms with Gasteiger partial charge < -0.3 is 14.2 Å². The van der Waals surface area contributed by atoms with Crippen molar-refractivity contribution in [2.75, 3.05) is 13.2 Å². The molecule has 0 aromatic carbocycles. The molecular weight excluding hydrogens is 853 g/mol. The minimum atomic E-state index is -0.789. The Bertz CT molecular complexity index is 1330. The van der Waals surface area contributed by atoms with E-state index in [0.717, 1.165) is 128 Å². The molecule has 0 saturated heterocycles. The van der Waals surface area contributed by atoms with Gasteiger partial charge in [0.2, 0.25) is 0 Å². The van der Waals surface area contributed by atoms with Gasteiger partial charge in [-0.3, -0.25) is 14.4 Å². The van der Waals surface area contributed by atoms with E-state index in [2.05, 4.69) is 106 Å². The van der Waals surface area contributed by atoms with Crippen molar-refractivity contribution in [2.24, 2.45) is 0 Å². The van der Waals surface area contributed by atoms with Gasteiger partial charge in [0.1, 0.15) is 13.2 Å². The fraction of sp³-hybridized carbons (Fsp3) is 0.730. The lowest BCUT2D eigenvalue weighted by atomic mass is 10.0. The lowest BCUT2D eigenvalue weighted by Crippen LogP contribution is -2.30. The summed E-state index contributed by atoms with van der Waals surface area (Å²) >= 11 is 0. The molecule has 0 aliphatic rings. The predicted octanol–water partition coefficient (Wildman–Crippen LogP) is 19.5. The normalized spacial score (nSPS) is 12.7. The number of esters is 3. The van der Waals surface area contributed by atoms with Crippen molar-refractivity contribution >= 4 is 17.9 Å². The van der Waals surface area contributed by atoms with Crippen LogP contribution in [0.15, 0.2) is 85.1 Å². The lowest BCUT2D eigenvalue weighted by Gasteiger charge is -2.18. The van der Waals surface area contributed by atoms with Crippen LogP contribution in [0.5, 0.6) is 0 Å². The standard InChI is InChI=1S/C63H108O6/c1-4-7-10-13-16-19-22-25-28-30-31-33-35-38-41-44-47-50-53-56-62(65)68-59-60(58-67-61(64)55-52-49-46-43-40-37-34-27-24-21-18-15-12-9-6-3)69-63(66)57-54-51-48-45-42-39-36-32-29-26-23-20-17-14-11-8-5-2/h7,9-10,12,16,18-19,21,25,27-28,31,33-34,60H,4-6,8,11,13-15,17,20,22-24,26,29-30,32,35-59H2,1-3H3/b10-7-,12-9-,19-16-,21-18-,28-25-,33-31-,34-27-. The van der Waals surface area contributed by atoms with Crippen LogP contribution in [0, 0.1) is 0 Å². The van der Waals surface area contributed by atoms with Gasteiger partial charge in [0, 0.05) is 19.3 Å². The largest absolute Gasteiger partial charge is 0.462 e. The third kappa shape index (κ3) is 55.4. The molecule has 0 fully saturated rings. The van der Waals surface area contributed by atoms with Crippen molar-refractivity contribution in [3.05, 3.63) is 85.1 Å². The highest BCUT2D eigenvalue weighted by atomic mass is 16.6. The number of hydrogen-bond donors (Lipinski definition) is 0. The Labute approximate surface area is 426 Å². The molecule has 6 nitrogen and oxygen atoms in total.